The highest BCUT2D eigenvalue weighted by molar-refractivity contribution is 9.10. The Morgan fingerprint density at radius 2 is 2.09 bits per heavy atom. The van der Waals surface area contributed by atoms with Crippen LogP contribution < -0.4 is 10.6 Å². The maximum Gasteiger partial charge on any atom is 0.259 e. The Morgan fingerprint density at radius 3 is 2.83 bits per heavy atom. The predicted molar refractivity (Wildman–Crippen MR) is 92.5 cm³/mol. The number of fused-ring (bicyclic) bond motifs is 1. The molecule has 0 saturated heterocycles. The lowest BCUT2D eigenvalue weighted by molar-refractivity contribution is 0.102. The molecular weight excluding hydrogens is 358 g/mol. The van der Waals surface area contributed by atoms with Crippen molar-refractivity contribution in [3.8, 4) is 0 Å². The standard InChI is InChI=1S/C16H16BrN5O/c1-2-18-8-11-3-5-13(6-4-11)21-16(23)14-7-12(17)9-22-15(14)19-10-20-22/h3-7,9-10,18H,2,8H2,1H3,(H,21,23). The number of benzene rings is 1. The molecule has 7 heteroatoms. The summed E-state index contributed by atoms with van der Waals surface area (Å²) in [4.78, 5) is 16.6. The minimum atomic E-state index is -0.219. The quantitative estimate of drug-likeness (QED) is 0.721. The molecule has 2 N–H and O–H groups in total. The maximum absolute atomic E-state index is 12.5. The highest BCUT2D eigenvalue weighted by Crippen LogP contribution is 2.18. The van der Waals surface area contributed by atoms with E-state index >= 15 is 0 Å². The van der Waals surface area contributed by atoms with Gasteiger partial charge in [0.15, 0.2) is 5.65 Å². The molecule has 3 aromatic rings. The van der Waals surface area contributed by atoms with Gasteiger partial charge < -0.3 is 10.6 Å². The third-order valence-corrected chi connectivity index (χ3v) is 3.81. The second-order valence-corrected chi connectivity index (χ2v) is 5.95. The number of anilines is 1. The van der Waals surface area contributed by atoms with E-state index in [0.717, 1.165) is 23.2 Å². The van der Waals surface area contributed by atoms with Crippen LogP contribution in [0.1, 0.15) is 22.8 Å². The molecule has 0 spiro atoms. The molecule has 0 radical (unpaired) electrons. The van der Waals surface area contributed by atoms with Crippen LogP contribution in [0.3, 0.4) is 0 Å². The number of hydrogen-bond acceptors (Lipinski definition) is 4. The van der Waals surface area contributed by atoms with Crippen molar-refractivity contribution in [2.24, 2.45) is 0 Å². The SMILES string of the molecule is CCNCc1ccc(NC(=O)c2cc(Br)cn3ncnc23)cc1. The van der Waals surface area contributed by atoms with Crippen LogP contribution in [0.5, 0.6) is 0 Å². The third kappa shape index (κ3) is 3.57. The van der Waals surface area contributed by atoms with Crippen molar-refractivity contribution in [1.29, 1.82) is 0 Å². The zero-order valence-corrected chi connectivity index (χ0v) is 14.2. The highest BCUT2D eigenvalue weighted by Gasteiger charge is 2.14. The molecule has 118 valence electrons. The number of carbonyl (C=O) groups is 1. The summed E-state index contributed by atoms with van der Waals surface area (Å²) in [6.07, 6.45) is 3.18. The van der Waals surface area contributed by atoms with Crippen molar-refractivity contribution in [1.82, 2.24) is 19.9 Å². The normalized spacial score (nSPS) is 10.9. The molecule has 1 aromatic carbocycles. The molecule has 0 aliphatic heterocycles. The summed E-state index contributed by atoms with van der Waals surface area (Å²) in [5.41, 5.74) is 2.91. The van der Waals surface area contributed by atoms with Gasteiger partial charge in [-0.2, -0.15) is 5.10 Å². The average Bonchev–Trinajstić information content (AvgIpc) is 3.01. The number of nitrogens with zero attached hydrogens (tertiary/aromatic N) is 3. The summed E-state index contributed by atoms with van der Waals surface area (Å²) in [5, 5.41) is 10.2. The summed E-state index contributed by atoms with van der Waals surface area (Å²) < 4.78 is 2.33. The van der Waals surface area contributed by atoms with Crippen LogP contribution in [0.2, 0.25) is 0 Å². The second-order valence-electron chi connectivity index (χ2n) is 5.03. The first-order valence-electron chi connectivity index (χ1n) is 7.27. The minimum absolute atomic E-state index is 0.219. The molecule has 2 aromatic heterocycles. The van der Waals surface area contributed by atoms with Gasteiger partial charge in [-0.1, -0.05) is 19.1 Å². The van der Waals surface area contributed by atoms with Crippen molar-refractivity contribution < 1.29 is 4.79 Å². The van der Waals surface area contributed by atoms with Gasteiger partial charge in [-0.3, -0.25) is 4.79 Å². The van der Waals surface area contributed by atoms with Gasteiger partial charge in [0.25, 0.3) is 5.91 Å². The first kappa shape index (κ1) is 15.6. The minimum Gasteiger partial charge on any atom is -0.322 e. The summed E-state index contributed by atoms with van der Waals surface area (Å²) >= 11 is 3.38. The number of aromatic nitrogens is 3. The Bertz CT molecular complexity index is 828. The van der Waals surface area contributed by atoms with E-state index in [-0.39, 0.29) is 5.91 Å². The van der Waals surface area contributed by atoms with E-state index < -0.39 is 0 Å². The van der Waals surface area contributed by atoms with Crippen LogP contribution >= 0.6 is 15.9 Å². The summed E-state index contributed by atoms with van der Waals surface area (Å²) in [7, 11) is 0. The fraction of sp³-hybridized carbons (Fsp3) is 0.188. The van der Waals surface area contributed by atoms with E-state index in [2.05, 4.69) is 43.6 Å². The smallest absolute Gasteiger partial charge is 0.259 e. The van der Waals surface area contributed by atoms with Crippen molar-refractivity contribution >= 4 is 33.2 Å². The van der Waals surface area contributed by atoms with Gasteiger partial charge in [0.05, 0.1) is 5.56 Å². The Kier molecular flexibility index (Phi) is 4.68. The van der Waals surface area contributed by atoms with Crippen LogP contribution in [0, 0.1) is 0 Å². The molecule has 23 heavy (non-hydrogen) atoms. The molecule has 1 amide bonds. The van der Waals surface area contributed by atoms with Crippen molar-refractivity contribution in [2.45, 2.75) is 13.5 Å². The van der Waals surface area contributed by atoms with Crippen LogP contribution in [0.25, 0.3) is 5.65 Å². The monoisotopic (exact) mass is 373 g/mol. The molecule has 6 nitrogen and oxygen atoms in total. The number of rotatable bonds is 5. The van der Waals surface area contributed by atoms with Crippen LogP contribution in [-0.2, 0) is 6.54 Å². The van der Waals surface area contributed by atoms with E-state index in [4.69, 9.17) is 0 Å². The van der Waals surface area contributed by atoms with Crippen LogP contribution in [-0.4, -0.2) is 27.0 Å². The molecule has 2 heterocycles. The largest absolute Gasteiger partial charge is 0.322 e. The maximum atomic E-state index is 12.5. The van der Waals surface area contributed by atoms with E-state index in [1.54, 1.807) is 16.8 Å². The van der Waals surface area contributed by atoms with Crippen LogP contribution in [0.4, 0.5) is 5.69 Å². The number of carbonyl (C=O) groups excluding carboxylic acids is 1. The third-order valence-electron chi connectivity index (χ3n) is 3.38. The van der Waals surface area contributed by atoms with E-state index in [1.165, 1.54) is 11.9 Å². The Morgan fingerprint density at radius 1 is 1.30 bits per heavy atom. The lowest BCUT2D eigenvalue weighted by Gasteiger charge is -2.08. The number of nitrogens with one attached hydrogen (secondary N) is 2. The van der Waals surface area contributed by atoms with E-state index in [0.29, 0.717) is 11.2 Å². The number of amides is 1. The van der Waals surface area contributed by atoms with Gasteiger partial charge in [0.1, 0.15) is 6.33 Å². The molecule has 0 fully saturated rings. The number of pyridine rings is 1. The van der Waals surface area contributed by atoms with E-state index in [9.17, 15) is 4.79 Å². The molecule has 0 saturated carbocycles. The average molecular weight is 374 g/mol. The van der Waals surface area contributed by atoms with Gasteiger partial charge in [-0.05, 0) is 46.2 Å². The molecule has 0 atom stereocenters. The molecule has 0 bridgehead atoms. The van der Waals surface area contributed by atoms with Gasteiger partial charge in [0, 0.05) is 22.9 Å². The number of halogens is 1. The Hall–Kier alpha value is -2.25. The summed E-state index contributed by atoms with van der Waals surface area (Å²) in [6, 6.07) is 9.50. The van der Waals surface area contributed by atoms with Gasteiger partial charge in [-0.25, -0.2) is 9.50 Å². The van der Waals surface area contributed by atoms with Gasteiger partial charge in [-0.15, -0.1) is 0 Å². The second kappa shape index (κ2) is 6.89. The summed E-state index contributed by atoms with van der Waals surface area (Å²) in [6.45, 7) is 3.81. The predicted octanol–water partition coefficient (Wildman–Crippen LogP) is 2.85. The zero-order valence-electron chi connectivity index (χ0n) is 12.6. The van der Waals surface area contributed by atoms with Crippen molar-refractivity contribution in [3.05, 3.63) is 58.5 Å². The van der Waals surface area contributed by atoms with E-state index in [1.807, 2.05) is 24.3 Å². The number of hydrogen-bond donors (Lipinski definition) is 2. The molecule has 0 unspecified atom stereocenters. The summed E-state index contributed by atoms with van der Waals surface area (Å²) in [5.74, 6) is -0.219. The van der Waals surface area contributed by atoms with Crippen molar-refractivity contribution in [3.63, 3.8) is 0 Å². The lowest BCUT2D eigenvalue weighted by atomic mass is 10.2. The fourth-order valence-corrected chi connectivity index (χ4v) is 2.66. The van der Waals surface area contributed by atoms with Crippen molar-refractivity contribution in [2.75, 3.05) is 11.9 Å². The molecule has 0 aliphatic carbocycles. The lowest BCUT2D eigenvalue weighted by Crippen LogP contribution is -2.14. The topological polar surface area (TPSA) is 71.3 Å². The van der Waals surface area contributed by atoms with Gasteiger partial charge >= 0.3 is 0 Å². The highest BCUT2D eigenvalue weighted by atomic mass is 79.9. The first-order valence-corrected chi connectivity index (χ1v) is 8.06. The Balaban J connectivity index is 1.79. The van der Waals surface area contributed by atoms with Crippen LogP contribution in [0.15, 0.2) is 47.3 Å². The molecule has 0 aliphatic rings. The molecule has 3 rings (SSSR count). The zero-order chi connectivity index (χ0) is 16.2. The fourth-order valence-electron chi connectivity index (χ4n) is 2.23. The molecular formula is C16H16BrN5O. The van der Waals surface area contributed by atoms with Gasteiger partial charge in [0.2, 0.25) is 0 Å². The Labute approximate surface area is 142 Å². The first-order chi connectivity index (χ1) is 11.2.